The number of hydrogen-bond acceptors (Lipinski definition) is 8. The van der Waals surface area contributed by atoms with Crippen molar-refractivity contribution >= 4 is 34.6 Å². The van der Waals surface area contributed by atoms with Gasteiger partial charge in [-0.3, -0.25) is 0 Å². The van der Waals surface area contributed by atoms with Crippen LogP contribution < -0.4 is 20.2 Å². The van der Waals surface area contributed by atoms with Crippen LogP contribution in [0.2, 0.25) is 10.0 Å². The summed E-state index contributed by atoms with van der Waals surface area (Å²) < 4.78 is 20.6. The van der Waals surface area contributed by atoms with E-state index in [0.29, 0.717) is 23.3 Å². The number of aliphatic hydroxyl groups is 1. The first-order valence-electron chi connectivity index (χ1n) is 14.7. The molecule has 2 saturated heterocycles. The van der Waals surface area contributed by atoms with Crippen molar-refractivity contribution in [2.24, 2.45) is 0 Å². The monoisotopic (exact) mass is 639 g/mol. The maximum atomic E-state index is 12.8. The van der Waals surface area contributed by atoms with E-state index in [9.17, 15) is 9.90 Å². The van der Waals surface area contributed by atoms with Gasteiger partial charge in [0, 0.05) is 48.1 Å². The summed E-state index contributed by atoms with van der Waals surface area (Å²) in [5.74, 6) is 0.772. The predicted molar refractivity (Wildman–Crippen MR) is 171 cm³/mol. The molecule has 0 amide bonds. The first kappa shape index (κ1) is 30.5. The van der Waals surface area contributed by atoms with E-state index < -0.39 is 18.4 Å². The zero-order valence-electron chi connectivity index (χ0n) is 24.6. The maximum Gasteiger partial charge on any atom is 0.350 e. The Morgan fingerprint density at radius 1 is 0.932 bits per heavy atom. The van der Waals surface area contributed by atoms with E-state index in [-0.39, 0.29) is 11.8 Å². The highest BCUT2D eigenvalue weighted by atomic mass is 35.5. The Bertz CT molecular complexity index is 1620. The number of aromatic nitrogens is 3. The van der Waals surface area contributed by atoms with Gasteiger partial charge in [-0.2, -0.15) is 5.10 Å². The van der Waals surface area contributed by atoms with E-state index in [0.717, 1.165) is 54.6 Å². The van der Waals surface area contributed by atoms with E-state index >= 15 is 0 Å². The topological polar surface area (TPSA) is 94.2 Å². The van der Waals surface area contributed by atoms with Crippen molar-refractivity contribution in [2.45, 2.75) is 38.4 Å². The van der Waals surface area contributed by atoms with Gasteiger partial charge in [0.2, 0.25) is 0 Å². The van der Waals surface area contributed by atoms with Crippen molar-refractivity contribution in [3.05, 3.63) is 99.2 Å². The first-order valence-corrected chi connectivity index (χ1v) is 15.4. The highest BCUT2D eigenvalue weighted by Gasteiger charge is 2.29. The molecule has 4 atom stereocenters. The van der Waals surface area contributed by atoms with Gasteiger partial charge >= 0.3 is 5.69 Å². The molecule has 0 radical (unpaired) electrons. The average Bonchev–Trinajstić information content (AvgIpc) is 3.66. The van der Waals surface area contributed by atoms with Crippen LogP contribution in [0.5, 0.6) is 5.75 Å². The molecule has 1 N–H and O–H groups in total. The van der Waals surface area contributed by atoms with Crippen molar-refractivity contribution in [1.82, 2.24) is 14.3 Å². The first-order chi connectivity index (χ1) is 21.3. The molecule has 0 bridgehead atoms. The third-order valence-corrected chi connectivity index (χ3v) is 8.72. The molecule has 3 unspecified atom stereocenters. The number of piperazine rings is 1. The molecule has 12 heteroatoms. The summed E-state index contributed by atoms with van der Waals surface area (Å²) in [6.45, 7) is 7.72. The fraction of sp³-hybridized carbons (Fsp3) is 0.375. The third kappa shape index (κ3) is 6.60. The Hall–Kier alpha value is -3.54. The molecule has 2 aliphatic rings. The minimum atomic E-state index is -0.674. The van der Waals surface area contributed by atoms with Gasteiger partial charge in [0.1, 0.15) is 24.8 Å². The van der Waals surface area contributed by atoms with Crippen LogP contribution in [0, 0.1) is 0 Å². The summed E-state index contributed by atoms with van der Waals surface area (Å²) in [5, 5.41) is 15.1. The van der Waals surface area contributed by atoms with Gasteiger partial charge in [-0.15, -0.1) is 0 Å². The summed E-state index contributed by atoms with van der Waals surface area (Å²) in [4.78, 5) is 17.5. The van der Waals surface area contributed by atoms with Gasteiger partial charge in [-0.1, -0.05) is 29.3 Å². The fourth-order valence-corrected chi connectivity index (χ4v) is 5.86. The van der Waals surface area contributed by atoms with Gasteiger partial charge in [-0.05, 0) is 74.5 Å². The smallest absolute Gasteiger partial charge is 0.350 e. The minimum absolute atomic E-state index is 0.203. The molecular formula is C32H35Cl2N5O5. The molecule has 44 heavy (non-hydrogen) atoms. The molecule has 3 aromatic carbocycles. The number of anilines is 2. The lowest BCUT2D eigenvalue weighted by Crippen LogP contribution is -2.46. The summed E-state index contributed by atoms with van der Waals surface area (Å²) in [7, 11) is 0. The summed E-state index contributed by atoms with van der Waals surface area (Å²) in [5.41, 5.74) is 3.47. The number of nitrogens with zero attached hydrogens (tertiary/aromatic N) is 5. The second kappa shape index (κ2) is 13.2. The zero-order valence-corrected chi connectivity index (χ0v) is 26.1. The quantitative estimate of drug-likeness (QED) is 0.270. The van der Waals surface area contributed by atoms with Crippen molar-refractivity contribution in [1.29, 1.82) is 0 Å². The van der Waals surface area contributed by atoms with Crippen LogP contribution in [0.4, 0.5) is 11.4 Å². The van der Waals surface area contributed by atoms with Crippen LogP contribution in [-0.2, 0) is 9.47 Å². The molecule has 0 aliphatic carbocycles. The molecule has 2 fully saturated rings. The lowest BCUT2D eigenvalue weighted by Gasteiger charge is -2.37. The number of aliphatic hydroxyl groups excluding tert-OH is 1. The van der Waals surface area contributed by atoms with E-state index in [2.05, 4.69) is 27.0 Å². The molecule has 10 nitrogen and oxygen atoms in total. The fourth-order valence-electron chi connectivity index (χ4n) is 5.36. The molecule has 0 spiro atoms. The van der Waals surface area contributed by atoms with Gasteiger partial charge < -0.3 is 29.1 Å². The van der Waals surface area contributed by atoms with Crippen LogP contribution in [0.15, 0.2) is 77.9 Å². The number of hydrogen-bond donors (Lipinski definition) is 1. The molecule has 1 aromatic heterocycles. The van der Waals surface area contributed by atoms with Crippen LogP contribution >= 0.6 is 23.2 Å². The molecule has 4 aromatic rings. The van der Waals surface area contributed by atoms with Gasteiger partial charge in [0.25, 0.3) is 0 Å². The van der Waals surface area contributed by atoms with Crippen LogP contribution in [-0.4, -0.2) is 71.1 Å². The molecular weight excluding hydrogens is 605 g/mol. The standard InChI is InChI=1S/C32H35Cl2N5O5/c1-21(22(2)40)39-32(41)38(20-35-39)26-6-4-24(5-7-26)36-13-15-37(16-14-36)25-8-10-27(11-9-25)42-18-28-19-43-31(44-28)29-12-3-23(33)17-30(29)34/h3-12,17,20-22,28,31,40H,13-16,18-19H2,1-2H3/t21?,22?,28-,31?/m1/s1. The average molecular weight is 641 g/mol. The van der Waals surface area contributed by atoms with Gasteiger partial charge in [0.15, 0.2) is 6.29 Å². The highest BCUT2D eigenvalue weighted by molar-refractivity contribution is 6.35. The lowest BCUT2D eigenvalue weighted by atomic mass is 10.2. The Morgan fingerprint density at radius 2 is 1.55 bits per heavy atom. The van der Waals surface area contributed by atoms with Crippen LogP contribution in [0.3, 0.4) is 0 Å². The van der Waals surface area contributed by atoms with Crippen molar-refractivity contribution in [3.8, 4) is 11.4 Å². The Balaban J connectivity index is 0.982. The van der Waals surface area contributed by atoms with E-state index in [1.165, 1.54) is 15.6 Å². The van der Waals surface area contributed by atoms with Crippen LogP contribution in [0.25, 0.3) is 5.69 Å². The Labute approximate surface area is 265 Å². The number of ether oxygens (including phenoxy) is 3. The van der Waals surface area contributed by atoms with E-state index in [1.54, 1.807) is 26.0 Å². The lowest BCUT2D eigenvalue weighted by molar-refractivity contribution is -0.0658. The second-order valence-corrected chi connectivity index (χ2v) is 11.9. The van der Waals surface area contributed by atoms with E-state index in [1.807, 2.05) is 42.5 Å². The van der Waals surface area contributed by atoms with Crippen molar-refractivity contribution in [2.75, 3.05) is 49.2 Å². The summed E-state index contributed by atoms with van der Waals surface area (Å²) >= 11 is 12.3. The molecule has 0 saturated carbocycles. The molecule has 3 heterocycles. The Morgan fingerprint density at radius 3 is 2.16 bits per heavy atom. The molecule has 6 rings (SSSR count). The number of benzene rings is 3. The summed E-state index contributed by atoms with van der Waals surface area (Å²) in [6, 6.07) is 20.9. The van der Waals surface area contributed by atoms with Crippen LogP contribution in [0.1, 0.15) is 31.7 Å². The number of halogens is 2. The molecule has 2 aliphatic heterocycles. The highest BCUT2D eigenvalue weighted by Crippen LogP contribution is 2.33. The summed E-state index contributed by atoms with van der Waals surface area (Å²) in [6.07, 6.45) is 0.0848. The van der Waals surface area contributed by atoms with Gasteiger partial charge in [0.05, 0.1) is 29.5 Å². The van der Waals surface area contributed by atoms with Crippen molar-refractivity contribution in [3.63, 3.8) is 0 Å². The maximum absolute atomic E-state index is 12.8. The zero-order chi connectivity index (χ0) is 30.8. The molecule has 232 valence electrons. The Kier molecular flexibility index (Phi) is 9.16. The SMILES string of the molecule is CC(O)C(C)n1ncn(-c2ccc(N3CCN(c4ccc(OC[C@@H]5COC(c6ccc(Cl)cc6Cl)O5)cc4)CC3)cc2)c1=O. The second-order valence-electron chi connectivity index (χ2n) is 11.1. The minimum Gasteiger partial charge on any atom is -0.491 e. The normalized spacial score (nSPS) is 20.1. The predicted octanol–water partition coefficient (Wildman–Crippen LogP) is 5.10. The van der Waals surface area contributed by atoms with E-state index in [4.69, 9.17) is 37.4 Å². The number of rotatable bonds is 9. The third-order valence-electron chi connectivity index (χ3n) is 8.15. The van der Waals surface area contributed by atoms with Crippen molar-refractivity contribution < 1.29 is 19.3 Å². The van der Waals surface area contributed by atoms with Gasteiger partial charge in [-0.25, -0.2) is 14.0 Å². The largest absolute Gasteiger partial charge is 0.491 e.